The molecule has 0 aromatic heterocycles. The minimum atomic E-state index is -0.0705. The Balaban J connectivity index is 5.13. The number of likely N-dealkylation sites (N-methyl/N-ethyl adjacent to an activating group) is 2. The third-order valence-electron chi connectivity index (χ3n) is 3.90. The van der Waals surface area contributed by atoms with Crippen LogP contribution in [0.1, 0.15) is 27.7 Å². The Kier molecular flexibility index (Phi) is 8.03. The van der Waals surface area contributed by atoms with Crippen molar-refractivity contribution in [2.45, 2.75) is 39.3 Å². The van der Waals surface area contributed by atoms with Gasteiger partial charge in [-0.15, -0.1) is 0 Å². The van der Waals surface area contributed by atoms with Crippen molar-refractivity contribution in [2.24, 2.45) is 11.7 Å². The van der Waals surface area contributed by atoms with Crippen molar-refractivity contribution in [2.75, 3.05) is 47.4 Å². The van der Waals surface area contributed by atoms with Crippen molar-refractivity contribution in [3.63, 3.8) is 0 Å². The molecule has 2 atom stereocenters. The summed E-state index contributed by atoms with van der Waals surface area (Å²) in [6, 6.07) is 0.464. The fourth-order valence-corrected chi connectivity index (χ4v) is 2.94. The van der Waals surface area contributed by atoms with Gasteiger partial charge in [0.2, 0.25) is 0 Å². The Morgan fingerprint density at radius 2 is 1.78 bits per heavy atom. The second-order valence-electron chi connectivity index (χ2n) is 5.79. The molecule has 0 bridgehead atoms. The zero-order valence-corrected chi connectivity index (χ0v) is 13.4. The van der Waals surface area contributed by atoms with Crippen LogP contribution in [0.25, 0.3) is 0 Å². The molecule has 0 aliphatic heterocycles. The monoisotopic (exact) mass is 259 g/mol. The van der Waals surface area contributed by atoms with Crippen LogP contribution in [0.2, 0.25) is 0 Å². The van der Waals surface area contributed by atoms with Crippen LogP contribution in [-0.4, -0.2) is 68.8 Å². The molecule has 0 fully saturated rings. The van der Waals surface area contributed by atoms with Crippen LogP contribution in [0.15, 0.2) is 0 Å². The van der Waals surface area contributed by atoms with E-state index < -0.39 is 0 Å². The van der Waals surface area contributed by atoms with Gasteiger partial charge < -0.3 is 15.4 Å². The Labute approximate surface area is 113 Å². The maximum atomic E-state index is 6.10. The number of nitrogens with two attached hydrogens (primary N) is 1. The molecule has 0 radical (unpaired) electrons. The lowest BCUT2D eigenvalue weighted by atomic mass is 9.84. The molecule has 2 unspecified atom stereocenters. The predicted molar refractivity (Wildman–Crippen MR) is 78.9 cm³/mol. The van der Waals surface area contributed by atoms with E-state index in [0.717, 1.165) is 13.1 Å². The molecule has 0 saturated carbocycles. The molecule has 0 rings (SSSR count). The first-order chi connectivity index (χ1) is 8.35. The van der Waals surface area contributed by atoms with E-state index in [1.165, 1.54) is 0 Å². The molecule has 110 valence electrons. The molecule has 0 saturated heterocycles. The first-order valence-corrected chi connectivity index (χ1v) is 6.96. The number of hydrogen-bond donors (Lipinski definition) is 1. The number of rotatable bonds is 9. The van der Waals surface area contributed by atoms with Gasteiger partial charge in [-0.2, -0.15) is 0 Å². The summed E-state index contributed by atoms with van der Waals surface area (Å²) in [6.07, 6.45) is 0. The fourth-order valence-electron chi connectivity index (χ4n) is 2.94. The molecule has 0 aliphatic rings. The van der Waals surface area contributed by atoms with Gasteiger partial charge >= 0.3 is 0 Å². The van der Waals surface area contributed by atoms with Gasteiger partial charge in [-0.1, -0.05) is 20.8 Å². The number of hydrogen-bond acceptors (Lipinski definition) is 4. The molecule has 0 aliphatic carbocycles. The van der Waals surface area contributed by atoms with Crippen molar-refractivity contribution in [1.82, 2.24) is 9.80 Å². The standard InChI is InChI=1S/C14H33N3O/c1-8-17(13(4)9-16(5)6)14(10-15,11-18-7)12(2)3/h12-13H,8-11,15H2,1-7H3. The summed E-state index contributed by atoms with van der Waals surface area (Å²) in [6.45, 7) is 12.3. The normalized spacial score (nSPS) is 17.5. The van der Waals surface area contributed by atoms with E-state index in [9.17, 15) is 0 Å². The minimum Gasteiger partial charge on any atom is -0.383 e. The number of ether oxygens (including phenoxy) is 1. The maximum Gasteiger partial charge on any atom is 0.0661 e. The summed E-state index contributed by atoms with van der Waals surface area (Å²) in [5.74, 6) is 0.465. The van der Waals surface area contributed by atoms with Crippen molar-refractivity contribution in [3.05, 3.63) is 0 Å². The molecule has 0 spiro atoms. The Morgan fingerprint density at radius 3 is 2.06 bits per heavy atom. The summed E-state index contributed by atoms with van der Waals surface area (Å²) < 4.78 is 5.46. The molecule has 0 amide bonds. The van der Waals surface area contributed by atoms with Crippen LogP contribution in [-0.2, 0) is 4.74 Å². The molecule has 0 heterocycles. The average molecular weight is 259 g/mol. The first-order valence-electron chi connectivity index (χ1n) is 6.96. The molecule has 0 aromatic carbocycles. The van der Waals surface area contributed by atoms with E-state index in [4.69, 9.17) is 10.5 Å². The van der Waals surface area contributed by atoms with E-state index in [-0.39, 0.29) is 5.54 Å². The van der Waals surface area contributed by atoms with Crippen molar-refractivity contribution in [1.29, 1.82) is 0 Å². The maximum absolute atomic E-state index is 6.10. The summed E-state index contributed by atoms with van der Waals surface area (Å²) in [4.78, 5) is 4.73. The molecule has 4 heteroatoms. The molecule has 2 N–H and O–H groups in total. The SMILES string of the molecule is CCN(C(C)CN(C)C)C(CN)(COC)C(C)C. The van der Waals surface area contributed by atoms with E-state index in [0.29, 0.717) is 25.1 Å². The predicted octanol–water partition coefficient (Wildman–Crippen LogP) is 1.26. The molecule has 4 nitrogen and oxygen atoms in total. The summed E-state index contributed by atoms with van der Waals surface area (Å²) in [7, 11) is 5.98. The Hall–Kier alpha value is -0.160. The highest BCUT2D eigenvalue weighted by Gasteiger charge is 2.40. The molecular weight excluding hydrogens is 226 g/mol. The van der Waals surface area contributed by atoms with Crippen LogP contribution in [0.4, 0.5) is 0 Å². The van der Waals surface area contributed by atoms with Gasteiger partial charge in [0.15, 0.2) is 0 Å². The van der Waals surface area contributed by atoms with Gasteiger partial charge in [-0.25, -0.2) is 0 Å². The molecule has 18 heavy (non-hydrogen) atoms. The van der Waals surface area contributed by atoms with E-state index in [2.05, 4.69) is 51.6 Å². The Bertz CT molecular complexity index is 221. The zero-order valence-electron chi connectivity index (χ0n) is 13.4. The second-order valence-corrected chi connectivity index (χ2v) is 5.79. The fraction of sp³-hybridized carbons (Fsp3) is 1.00. The van der Waals surface area contributed by atoms with Gasteiger partial charge in [0, 0.05) is 26.2 Å². The zero-order chi connectivity index (χ0) is 14.3. The van der Waals surface area contributed by atoms with Gasteiger partial charge in [-0.3, -0.25) is 4.90 Å². The topological polar surface area (TPSA) is 41.7 Å². The van der Waals surface area contributed by atoms with Gasteiger partial charge in [0.05, 0.1) is 12.1 Å². The quantitative estimate of drug-likeness (QED) is 0.677. The largest absolute Gasteiger partial charge is 0.383 e. The van der Waals surface area contributed by atoms with Gasteiger partial charge in [-0.05, 0) is 33.5 Å². The van der Waals surface area contributed by atoms with Crippen LogP contribution >= 0.6 is 0 Å². The third kappa shape index (κ3) is 4.19. The van der Waals surface area contributed by atoms with E-state index >= 15 is 0 Å². The lowest BCUT2D eigenvalue weighted by molar-refractivity contribution is -0.0385. The third-order valence-corrected chi connectivity index (χ3v) is 3.90. The van der Waals surface area contributed by atoms with Gasteiger partial charge in [0.1, 0.15) is 0 Å². The first kappa shape index (κ1) is 17.8. The van der Waals surface area contributed by atoms with Gasteiger partial charge in [0.25, 0.3) is 0 Å². The molecule has 0 aromatic rings. The van der Waals surface area contributed by atoms with Crippen molar-refractivity contribution < 1.29 is 4.74 Å². The van der Waals surface area contributed by atoms with Crippen LogP contribution in [0, 0.1) is 5.92 Å². The second kappa shape index (κ2) is 8.10. The van der Waals surface area contributed by atoms with Crippen molar-refractivity contribution in [3.8, 4) is 0 Å². The highest BCUT2D eigenvalue weighted by Crippen LogP contribution is 2.27. The van der Waals surface area contributed by atoms with Crippen LogP contribution in [0.3, 0.4) is 0 Å². The summed E-state index contributed by atoms with van der Waals surface area (Å²) in [5, 5.41) is 0. The lowest BCUT2D eigenvalue weighted by Crippen LogP contribution is -2.64. The Morgan fingerprint density at radius 1 is 1.22 bits per heavy atom. The molecular formula is C14H33N3O. The van der Waals surface area contributed by atoms with Crippen LogP contribution < -0.4 is 5.73 Å². The summed E-state index contributed by atoms with van der Waals surface area (Å²) >= 11 is 0. The van der Waals surface area contributed by atoms with E-state index in [1.54, 1.807) is 7.11 Å². The van der Waals surface area contributed by atoms with Crippen LogP contribution in [0.5, 0.6) is 0 Å². The highest BCUT2D eigenvalue weighted by atomic mass is 16.5. The minimum absolute atomic E-state index is 0.0705. The smallest absolute Gasteiger partial charge is 0.0661 e. The number of methoxy groups -OCH3 is 1. The number of nitrogens with zero attached hydrogens (tertiary/aromatic N) is 2. The highest BCUT2D eigenvalue weighted by molar-refractivity contribution is 4.96. The van der Waals surface area contributed by atoms with E-state index in [1.807, 2.05) is 0 Å². The summed E-state index contributed by atoms with van der Waals surface area (Å²) in [5.41, 5.74) is 6.03. The van der Waals surface area contributed by atoms with Crippen molar-refractivity contribution >= 4 is 0 Å². The lowest BCUT2D eigenvalue weighted by Gasteiger charge is -2.49. The average Bonchev–Trinajstić information content (AvgIpc) is 2.27.